The fraction of sp³-hybridized carbons (Fsp3) is 0.333. The molecule has 1 N–H and O–H groups in total. The quantitative estimate of drug-likeness (QED) is 0.492. The lowest BCUT2D eigenvalue weighted by molar-refractivity contribution is -0.348. The van der Waals surface area contributed by atoms with Gasteiger partial charge in [0.05, 0.1) is 4.90 Å². The summed E-state index contributed by atoms with van der Waals surface area (Å²) in [5, 5.41) is 0. The molecule has 0 aliphatic heterocycles. The molecule has 0 aliphatic carbocycles. The normalized spacial score (nSPS) is 15.3. The second-order valence-electron chi connectivity index (χ2n) is 4.84. The third-order valence-corrected chi connectivity index (χ3v) is 3.71. The molecule has 160 valence electrons. The molecular formula is C12H5F11O4S. The van der Waals surface area contributed by atoms with Crippen LogP contribution in [0.1, 0.15) is 0 Å². The van der Waals surface area contributed by atoms with Crippen molar-refractivity contribution in [3.63, 3.8) is 0 Å². The maximum absolute atomic E-state index is 13.4. The van der Waals surface area contributed by atoms with Gasteiger partial charge in [0.25, 0.3) is 10.1 Å². The van der Waals surface area contributed by atoms with Crippen LogP contribution in [0, 0.1) is 0 Å². The van der Waals surface area contributed by atoms with E-state index in [1.807, 2.05) is 0 Å². The number of hydrogen-bond acceptors (Lipinski definition) is 3. The summed E-state index contributed by atoms with van der Waals surface area (Å²) < 4.78 is 173. The fourth-order valence-corrected chi connectivity index (χ4v) is 1.93. The summed E-state index contributed by atoms with van der Waals surface area (Å²) in [7, 11) is -4.82. The molecular weight excluding hydrogens is 449 g/mol. The Bertz CT molecular complexity index is 857. The van der Waals surface area contributed by atoms with Gasteiger partial charge in [-0.25, -0.2) is 4.39 Å². The zero-order valence-corrected chi connectivity index (χ0v) is 13.4. The summed E-state index contributed by atoms with van der Waals surface area (Å²) in [6.07, 6.45) is -12.9. The third kappa shape index (κ3) is 4.48. The van der Waals surface area contributed by atoms with Crippen LogP contribution in [0.3, 0.4) is 0 Å². The van der Waals surface area contributed by atoms with E-state index in [1.165, 1.54) is 0 Å². The van der Waals surface area contributed by atoms with E-state index in [-0.39, 0.29) is 12.1 Å². The van der Waals surface area contributed by atoms with E-state index in [0.717, 1.165) is 0 Å². The fourth-order valence-electron chi connectivity index (χ4n) is 1.45. The standard InChI is InChI=1S/C12H5F11O4S/c13-7(9(15,16)11(19,20)12(21,22)23)8(14)10(17,18)27-5-1-3-6(4-2-5)28(24,25)26/h1-4H,(H,24,25,26)/b8-7+. The average molecular weight is 454 g/mol. The molecule has 0 saturated carbocycles. The summed E-state index contributed by atoms with van der Waals surface area (Å²) >= 11 is 0. The molecule has 4 nitrogen and oxygen atoms in total. The summed E-state index contributed by atoms with van der Waals surface area (Å²) in [5.74, 6) is -24.1. The van der Waals surface area contributed by atoms with Gasteiger partial charge in [-0.15, -0.1) is 0 Å². The van der Waals surface area contributed by atoms with Crippen LogP contribution >= 0.6 is 0 Å². The van der Waals surface area contributed by atoms with E-state index in [0.29, 0.717) is 12.1 Å². The lowest BCUT2D eigenvalue weighted by atomic mass is 10.1. The molecule has 0 unspecified atom stereocenters. The van der Waals surface area contributed by atoms with Crippen LogP contribution in [0.5, 0.6) is 5.75 Å². The number of rotatable bonds is 6. The SMILES string of the molecule is O=S(=O)(O)c1ccc(OC(F)(F)/C(F)=C(\F)C(F)(F)C(F)(F)C(F)(F)F)cc1. The van der Waals surface area contributed by atoms with Gasteiger partial charge < -0.3 is 4.74 Å². The Balaban J connectivity index is 3.28. The smallest absolute Gasteiger partial charge is 0.427 e. The van der Waals surface area contributed by atoms with E-state index in [9.17, 15) is 56.7 Å². The number of halogens is 11. The second-order valence-corrected chi connectivity index (χ2v) is 6.26. The molecule has 16 heteroatoms. The lowest BCUT2D eigenvalue weighted by Gasteiger charge is -2.27. The van der Waals surface area contributed by atoms with Crippen LogP contribution in [0.4, 0.5) is 48.3 Å². The molecule has 0 aromatic heterocycles. The van der Waals surface area contributed by atoms with Crippen LogP contribution in [-0.4, -0.2) is 37.1 Å². The van der Waals surface area contributed by atoms with Crippen LogP contribution in [-0.2, 0) is 10.1 Å². The Kier molecular flexibility index (Phi) is 6.03. The van der Waals surface area contributed by atoms with Gasteiger partial charge in [-0.1, -0.05) is 0 Å². The third-order valence-electron chi connectivity index (χ3n) is 2.84. The first kappa shape index (κ1) is 23.9. The molecule has 0 atom stereocenters. The van der Waals surface area contributed by atoms with Gasteiger partial charge in [0.1, 0.15) is 5.75 Å². The lowest BCUT2D eigenvalue weighted by Crippen LogP contribution is -2.53. The van der Waals surface area contributed by atoms with E-state index in [1.54, 1.807) is 0 Å². The van der Waals surface area contributed by atoms with Gasteiger partial charge in [-0.3, -0.25) is 4.55 Å². The summed E-state index contributed by atoms with van der Waals surface area (Å²) in [4.78, 5) is -0.901. The summed E-state index contributed by atoms with van der Waals surface area (Å²) in [6.45, 7) is 0. The topological polar surface area (TPSA) is 63.6 Å². The van der Waals surface area contributed by atoms with Crippen molar-refractivity contribution in [2.75, 3.05) is 0 Å². The number of alkyl halides is 9. The average Bonchev–Trinajstić information content (AvgIpc) is 2.51. The summed E-state index contributed by atoms with van der Waals surface area (Å²) in [5.41, 5.74) is 0. The van der Waals surface area contributed by atoms with Crippen LogP contribution < -0.4 is 4.74 Å². The van der Waals surface area contributed by atoms with Gasteiger partial charge in [0, 0.05) is 0 Å². The highest BCUT2D eigenvalue weighted by Crippen LogP contribution is 2.52. The number of ether oxygens (including phenoxy) is 1. The predicted molar refractivity (Wildman–Crippen MR) is 67.0 cm³/mol. The van der Waals surface area contributed by atoms with Crippen LogP contribution in [0.2, 0.25) is 0 Å². The molecule has 0 heterocycles. The minimum absolute atomic E-state index is 0.282. The van der Waals surface area contributed by atoms with Crippen molar-refractivity contribution in [2.45, 2.75) is 29.0 Å². The van der Waals surface area contributed by atoms with Crippen molar-refractivity contribution in [2.24, 2.45) is 0 Å². The Labute approximate surface area is 147 Å². The van der Waals surface area contributed by atoms with Crippen LogP contribution in [0.25, 0.3) is 0 Å². The van der Waals surface area contributed by atoms with Gasteiger partial charge in [0.15, 0.2) is 0 Å². The maximum atomic E-state index is 13.4. The Morgan fingerprint density at radius 1 is 0.821 bits per heavy atom. The van der Waals surface area contributed by atoms with Gasteiger partial charge >= 0.3 is 24.1 Å². The first-order valence-corrected chi connectivity index (χ1v) is 7.72. The molecule has 0 saturated heterocycles. The van der Waals surface area contributed by atoms with E-state index < -0.39 is 56.5 Å². The van der Waals surface area contributed by atoms with Crippen molar-refractivity contribution in [3.8, 4) is 5.75 Å². The molecule has 28 heavy (non-hydrogen) atoms. The van der Waals surface area contributed by atoms with Gasteiger partial charge in [-0.2, -0.15) is 52.3 Å². The largest absolute Gasteiger partial charge is 0.460 e. The molecule has 1 aromatic rings. The van der Waals surface area contributed by atoms with Crippen molar-refractivity contribution in [3.05, 3.63) is 35.9 Å². The molecule has 0 radical (unpaired) electrons. The molecule has 0 amide bonds. The Hall–Kier alpha value is -2.10. The number of hydrogen-bond donors (Lipinski definition) is 1. The minimum Gasteiger partial charge on any atom is -0.427 e. The molecule has 1 aromatic carbocycles. The first-order valence-electron chi connectivity index (χ1n) is 6.28. The molecule has 0 bridgehead atoms. The zero-order valence-electron chi connectivity index (χ0n) is 12.5. The van der Waals surface area contributed by atoms with E-state index >= 15 is 0 Å². The molecule has 0 aliphatic rings. The highest BCUT2D eigenvalue weighted by atomic mass is 32.2. The Morgan fingerprint density at radius 2 is 1.25 bits per heavy atom. The van der Waals surface area contributed by atoms with Gasteiger partial charge in [0.2, 0.25) is 11.7 Å². The van der Waals surface area contributed by atoms with Crippen molar-refractivity contribution in [1.29, 1.82) is 0 Å². The molecule has 1 rings (SSSR count). The van der Waals surface area contributed by atoms with Gasteiger partial charge in [-0.05, 0) is 24.3 Å². The molecule has 0 fully saturated rings. The summed E-state index contributed by atoms with van der Waals surface area (Å²) in [6, 6.07) is 1.32. The first-order chi connectivity index (χ1) is 12.2. The Morgan fingerprint density at radius 3 is 1.61 bits per heavy atom. The van der Waals surface area contributed by atoms with Crippen molar-refractivity contribution < 1.29 is 66.0 Å². The molecule has 0 spiro atoms. The maximum Gasteiger partial charge on any atom is 0.460 e. The van der Waals surface area contributed by atoms with E-state index in [4.69, 9.17) is 4.55 Å². The van der Waals surface area contributed by atoms with E-state index in [2.05, 4.69) is 4.74 Å². The van der Waals surface area contributed by atoms with Crippen molar-refractivity contribution >= 4 is 10.1 Å². The van der Waals surface area contributed by atoms with Crippen LogP contribution in [0.15, 0.2) is 40.8 Å². The number of allylic oxidation sites excluding steroid dienone is 1. The highest BCUT2D eigenvalue weighted by molar-refractivity contribution is 7.85. The monoisotopic (exact) mass is 454 g/mol. The predicted octanol–water partition coefficient (Wildman–Crippen LogP) is 4.89. The minimum atomic E-state index is -7.24. The number of benzene rings is 1. The zero-order chi connectivity index (χ0) is 22.3. The second kappa shape index (κ2) is 7.06. The highest BCUT2D eigenvalue weighted by Gasteiger charge is 2.76. The van der Waals surface area contributed by atoms with Crippen molar-refractivity contribution in [1.82, 2.24) is 0 Å².